The number of epoxide rings is 1. The molecule has 1 aliphatic heterocycles. The van der Waals surface area contributed by atoms with Crippen molar-refractivity contribution in [1.29, 1.82) is 0 Å². The second-order valence-corrected chi connectivity index (χ2v) is 3.95. The molecule has 1 aromatic carbocycles. The van der Waals surface area contributed by atoms with E-state index in [0.29, 0.717) is 12.2 Å². The lowest BCUT2D eigenvalue weighted by molar-refractivity contribution is 0.382. The van der Waals surface area contributed by atoms with Crippen LogP contribution in [0.2, 0.25) is 0 Å². The van der Waals surface area contributed by atoms with Gasteiger partial charge in [0.25, 0.3) is 0 Å². The maximum absolute atomic E-state index is 5.38. The first-order valence-electron chi connectivity index (χ1n) is 3.69. The predicted octanol–water partition coefficient (Wildman–Crippen LogP) is 2.75. The van der Waals surface area contributed by atoms with E-state index >= 15 is 0 Å². The molecule has 0 radical (unpaired) electrons. The fourth-order valence-corrected chi connectivity index (χ4v) is 1.91. The lowest BCUT2D eigenvalue weighted by atomic mass is 10.1. The Kier molecular flexibility index (Phi) is 1.89. The van der Waals surface area contributed by atoms with Crippen molar-refractivity contribution in [3.8, 4) is 0 Å². The van der Waals surface area contributed by atoms with Crippen LogP contribution >= 0.6 is 22.6 Å². The van der Waals surface area contributed by atoms with Crippen LogP contribution in [0.1, 0.15) is 18.6 Å². The lowest BCUT2D eigenvalue weighted by Gasteiger charge is -1.97. The fourth-order valence-electron chi connectivity index (χ4n) is 1.22. The van der Waals surface area contributed by atoms with Crippen LogP contribution in [0.15, 0.2) is 24.3 Å². The number of hydrogen-bond donors (Lipinski definition) is 0. The first kappa shape index (κ1) is 7.55. The third-order valence-corrected chi connectivity index (χ3v) is 2.91. The van der Waals surface area contributed by atoms with Gasteiger partial charge in [0.05, 0.1) is 6.10 Å². The number of halogens is 1. The second kappa shape index (κ2) is 2.75. The molecule has 1 saturated heterocycles. The van der Waals surface area contributed by atoms with Crippen molar-refractivity contribution < 1.29 is 4.74 Å². The van der Waals surface area contributed by atoms with Gasteiger partial charge in [0.1, 0.15) is 6.10 Å². The van der Waals surface area contributed by atoms with Gasteiger partial charge in [-0.25, -0.2) is 0 Å². The van der Waals surface area contributed by atoms with E-state index in [0.717, 1.165) is 0 Å². The highest BCUT2D eigenvalue weighted by atomic mass is 127. The summed E-state index contributed by atoms with van der Waals surface area (Å²) in [6, 6.07) is 8.37. The Morgan fingerprint density at radius 1 is 1.36 bits per heavy atom. The van der Waals surface area contributed by atoms with Gasteiger partial charge in [-0.1, -0.05) is 18.2 Å². The molecule has 1 fully saturated rings. The van der Waals surface area contributed by atoms with Crippen LogP contribution < -0.4 is 0 Å². The van der Waals surface area contributed by atoms with E-state index in [1.54, 1.807) is 0 Å². The summed E-state index contributed by atoms with van der Waals surface area (Å²) in [5, 5.41) is 0. The van der Waals surface area contributed by atoms with Crippen LogP contribution in [0.3, 0.4) is 0 Å². The van der Waals surface area contributed by atoms with Crippen molar-refractivity contribution >= 4 is 22.6 Å². The van der Waals surface area contributed by atoms with E-state index < -0.39 is 0 Å². The average Bonchev–Trinajstić information content (AvgIpc) is 2.68. The third-order valence-electron chi connectivity index (χ3n) is 1.92. The Bertz CT molecular complexity index is 272. The molecule has 1 aromatic rings. The molecule has 1 heterocycles. The highest BCUT2D eigenvalue weighted by Gasteiger charge is 2.36. The molecule has 0 N–H and O–H groups in total. The van der Waals surface area contributed by atoms with Crippen molar-refractivity contribution in [1.82, 2.24) is 0 Å². The van der Waals surface area contributed by atoms with Crippen molar-refractivity contribution in [2.45, 2.75) is 19.1 Å². The van der Waals surface area contributed by atoms with Gasteiger partial charge in [-0.3, -0.25) is 0 Å². The van der Waals surface area contributed by atoms with Crippen LogP contribution in [-0.2, 0) is 4.74 Å². The molecule has 2 rings (SSSR count). The van der Waals surface area contributed by atoms with Crippen molar-refractivity contribution in [3.63, 3.8) is 0 Å². The zero-order valence-electron chi connectivity index (χ0n) is 6.25. The number of rotatable bonds is 1. The molecule has 2 heteroatoms. The quantitative estimate of drug-likeness (QED) is 0.558. The summed E-state index contributed by atoms with van der Waals surface area (Å²) >= 11 is 2.35. The minimum Gasteiger partial charge on any atom is -0.365 e. The summed E-state index contributed by atoms with van der Waals surface area (Å²) in [5.74, 6) is 0. The molecule has 11 heavy (non-hydrogen) atoms. The Morgan fingerprint density at radius 2 is 2.00 bits per heavy atom. The highest BCUT2D eigenvalue weighted by molar-refractivity contribution is 14.1. The SMILES string of the molecule is CC1OC1c1ccccc1I. The summed E-state index contributed by atoms with van der Waals surface area (Å²) in [6.07, 6.45) is 0.786. The maximum atomic E-state index is 5.38. The molecule has 0 spiro atoms. The van der Waals surface area contributed by atoms with Crippen LogP contribution in [0, 0.1) is 3.57 Å². The Hall–Kier alpha value is -0.0900. The van der Waals surface area contributed by atoms with Crippen LogP contribution in [0.5, 0.6) is 0 Å². The zero-order chi connectivity index (χ0) is 7.84. The molecule has 0 saturated carbocycles. The minimum atomic E-state index is 0.364. The van der Waals surface area contributed by atoms with E-state index in [1.807, 2.05) is 0 Å². The largest absolute Gasteiger partial charge is 0.365 e. The summed E-state index contributed by atoms with van der Waals surface area (Å²) in [5.41, 5.74) is 1.33. The molecular weight excluding hydrogens is 251 g/mol. The van der Waals surface area contributed by atoms with Gasteiger partial charge in [-0.15, -0.1) is 0 Å². The van der Waals surface area contributed by atoms with E-state index in [1.165, 1.54) is 9.13 Å². The van der Waals surface area contributed by atoms with Gasteiger partial charge in [0, 0.05) is 3.57 Å². The van der Waals surface area contributed by atoms with Gasteiger partial charge < -0.3 is 4.74 Å². The Balaban J connectivity index is 2.31. The molecule has 0 aliphatic carbocycles. The molecule has 0 amide bonds. The maximum Gasteiger partial charge on any atom is 0.110 e. The molecule has 1 aliphatic rings. The lowest BCUT2D eigenvalue weighted by Crippen LogP contribution is -1.86. The minimum absolute atomic E-state index is 0.364. The molecule has 1 nitrogen and oxygen atoms in total. The molecule has 0 bridgehead atoms. The number of hydrogen-bond acceptors (Lipinski definition) is 1. The summed E-state index contributed by atoms with van der Waals surface area (Å²) in [4.78, 5) is 0. The first-order valence-corrected chi connectivity index (χ1v) is 4.77. The summed E-state index contributed by atoms with van der Waals surface area (Å²) in [6.45, 7) is 2.10. The zero-order valence-corrected chi connectivity index (χ0v) is 8.41. The van der Waals surface area contributed by atoms with Crippen molar-refractivity contribution in [3.05, 3.63) is 33.4 Å². The van der Waals surface area contributed by atoms with Gasteiger partial charge in [0.2, 0.25) is 0 Å². The van der Waals surface area contributed by atoms with E-state index in [9.17, 15) is 0 Å². The third kappa shape index (κ3) is 1.42. The first-order chi connectivity index (χ1) is 5.29. The monoisotopic (exact) mass is 260 g/mol. The van der Waals surface area contributed by atoms with Gasteiger partial charge in [-0.05, 0) is 41.1 Å². The topological polar surface area (TPSA) is 12.5 Å². The number of ether oxygens (including phenoxy) is 1. The van der Waals surface area contributed by atoms with Crippen LogP contribution in [0.25, 0.3) is 0 Å². The van der Waals surface area contributed by atoms with E-state index in [4.69, 9.17) is 4.74 Å². The summed E-state index contributed by atoms with van der Waals surface area (Å²) < 4.78 is 6.68. The van der Waals surface area contributed by atoms with Crippen molar-refractivity contribution in [2.75, 3.05) is 0 Å². The second-order valence-electron chi connectivity index (χ2n) is 2.78. The van der Waals surface area contributed by atoms with Crippen LogP contribution in [-0.4, -0.2) is 6.10 Å². The molecule has 2 atom stereocenters. The fraction of sp³-hybridized carbons (Fsp3) is 0.333. The van der Waals surface area contributed by atoms with Crippen molar-refractivity contribution in [2.24, 2.45) is 0 Å². The Morgan fingerprint density at radius 3 is 2.55 bits per heavy atom. The standard InChI is InChI=1S/C9H9IO/c1-6-9(11-6)7-4-2-3-5-8(7)10/h2-6,9H,1H3. The predicted molar refractivity (Wildman–Crippen MR) is 52.4 cm³/mol. The van der Waals surface area contributed by atoms with E-state index in [2.05, 4.69) is 53.8 Å². The van der Waals surface area contributed by atoms with Crippen LogP contribution in [0.4, 0.5) is 0 Å². The molecular formula is C9H9IO. The van der Waals surface area contributed by atoms with E-state index in [-0.39, 0.29) is 0 Å². The highest BCUT2D eigenvalue weighted by Crippen LogP contribution is 2.39. The average molecular weight is 260 g/mol. The normalized spacial score (nSPS) is 28.5. The smallest absolute Gasteiger partial charge is 0.110 e. The molecule has 58 valence electrons. The van der Waals surface area contributed by atoms with Gasteiger partial charge in [0.15, 0.2) is 0 Å². The molecule has 2 unspecified atom stereocenters. The van der Waals surface area contributed by atoms with Gasteiger partial charge >= 0.3 is 0 Å². The molecule has 0 aromatic heterocycles. The Labute approximate surface area is 79.9 Å². The number of benzene rings is 1. The summed E-state index contributed by atoms with van der Waals surface area (Å²) in [7, 11) is 0. The van der Waals surface area contributed by atoms with Gasteiger partial charge in [-0.2, -0.15) is 0 Å².